The summed E-state index contributed by atoms with van der Waals surface area (Å²) in [6, 6.07) is 0. The quantitative estimate of drug-likeness (QED) is 0.468. The SMILES string of the molecule is Cc1cscc1N=CC1C(=O)OC(C)(C)OC1=O. The van der Waals surface area contributed by atoms with Crippen LogP contribution in [0, 0.1) is 12.8 Å². The molecular formula is C12H13NO4S. The van der Waals surface area contributed by atoms with E-state index in [0.29, 0.717) is 0 Å². The van der Waals surface area contributed by atoms with Gasteiger partial charge in [-0.1, -0.05) is 0 Å². The molecule has 18 heavy (non-hydrogen) atoms. The standard InChI is InChI=1S/C12H13NO4S/c1-7-5-18-6-9(7)13-4-8-10(14)16-12(2,3)17-11(8)15/h4-6,8H,1-3H3. The van der Waals surface area contributed by atoms with Gasteiger partial charge in [-0.15, -0.1) is 11.3 Å². The molecule has 0 bridgehead atoms. The molecule has 2 heterocycles. The molecule has 5 nitrogen and oxygen atoms in total. The van der Waals surface area contributed by atoms with Gasteiger partial charge in [-0.3, -0.25) is 14.6 Å². The Bertz CT molecular complexity index is 498. The van der Waals surface area contributed by atoms with Crippen molar-refractivity contribution in [3.8, 4) is 0 Å². The molecule has 0 atom stereocenters. The molecule has 0 saturated carbocycles. The van der Waals surface area contributed by atoms with E-state index in [0.717, 1.165) is 11.3 Å². The van der Waals surface area contributed by atoms with Crippen LogP contribution >= 0.6 is 11.3 Å². The van der Waals surface area contributed by atoms with E-state index in [9.17, 15) is 9.59 Å². The third-order valence-electron chi connectivity index (χ3n) is 2.39. The number of cyclic esters (lactones) is 2. The molecule has 1 aromatic heterocycles. The highest BCUT2D eigenvalue weighted by atomic mass is 32.1. The molecule has 1 fully saturated rings. The zero-order valence-corrected chi connectivity index (χ0v) is 11.1. The fourth-order valence-electron chi connectivity index (χ4n) is 1.49. The van der Waals surface area contributed by atoms with Crippen LogP contribution in [0.2, 0.25) is 0 Å². The first kappa shape index (κ1) is 12.8. The Morgan fingerprint density at radius 2 is 1.89 bits per heavy atom. The third kappa shape index (κ3) is 2.59. The van der Waals surface area contributed by atoms with E-state index < -0.39 is 23.6 Å². The predicted octanol–water partition coefficient (Wildman–Crippen LogP) is 2.21. The summed E-state index contributed by atoms with van der Waals surface area (Å²) >= 11 is 1.51. The Morgan fingerprint density at radius 3 is 2.39 bits per heavy atom. The minimum Gasteiger partial charge on any atom is -0.422 e. The van der Waals surface area contributed by atoms with E-state index in [1.165, 1.54) is 31.4 Å². The summed E-state index contributed by atoms with van der Waals surface area (Å²) < 4.78 is 9.97. The molecule has 1 saturated heterocycles. The number of nitrogens with zero attached hydrogens (tertiary/aromatic N) is 1. The lowest BCUT2D eigenvalue weighted by Crippen LogP contribution is -2.46. The minimum absolute atomic E-state index is 0.632. The van der Waals surface area contributed by atoms with Gasteiger partial charge in [-0.05, 0) is 17.9 Å². The second-order valence-corrected chi connectivity index (χ2v) is 5.18. The third-order valence-corrected chi connectivity index (χ3v) is 3.24. The smallest absolute Gasteiger partial charge is 0.329 e. The van der Waals surface area contributed by atoms with Crippen LogP contribution in [0.15, 0.2) is 15.8 Å². The van der Waals surface area contributed by atoms with Gasteiger partial charge in [0.05, 0.1) is 5.69 Å². The van der Waals surface area contributed by atoms with Crippen LogP contribution < -0.4 is 0 Å². The largest absolute Gasteiger partial charge is 0.422 e. The second-order valence-electron chi connectivity index (χ2n) is 4.44. The number of carbonyl (C=O) groups is 2. The normalized spacial score (nSPS) is 19.9. The number of aryl methyl sites for hydroxylation is 1. The first-order valence-electron chi connectivity index (χ1n) is 5.42. The molecule has 0 unspecified atom stereocenters. The average Bonchev–Trinajstić information content (AvgIpc) is 2.61. The van der Waals surface area contributed by atoms with Gasteiger partial charge in [0.1, 0.15) is 0 Å². The molecular weight excluding hydrogens is 254 g/mol. The fraction of sp³-hybridized carbons (Fsp3) is 0.417. The van der Waals surface area contributed by atoms with Crippen LogP contribution in [0.5, 0.6) is 0 Å². The molecule has 1 aliphatic heterocycles. The van der Waals surface area contributed by atoms with E-state index in [1.54, 1.807) is 0 Å². The summed E-state index contributed by atoms with van der Waals surface area (Å²) in [7, 11) is 0. The average molecular weight is 267 g/mol. The molecule has 6 heteroatoms. The van der Waals surface area contributed by atoms with Gasteiger partial charge in [-0.25, -0.2) is 0 Å². The van der Waals surface area contributed by atoms with Crippen LogP contribution in [0.25, 0.3) is 0 Å². The number of carbonyl (C=O) groups excluding carboxylic acids is 2. The van der Waals surface area contributed by atoms with Gasteiger partial charge in [0.15, 0.2) is 5.92 Å². The van der Waals surface area contributed by atoms with Crippen molar-refractivity contribution in [2.75, 3.05) is 0 Å². The number of ether oxygens (including phenoxy) is 2. The molecule has 0 spiro atoms. The molecule has 1 aliphatic rings. The number of rotatable bonds is 2. The molecule has 0 aliphatic carbocycles. The lowest BCUT2D eigenvalue weighted by atomic mass is 10.1. The van der Waals surface area contributed by atoms with Gasteiger partial charge >= 0.3 is 11.9 Å². The van der Waals surface area contributed by atoms with Crippen LogP contribution in [0.3, 0.4) is 0 Å². The highest BCUT2D eigenvalue weighted by Gasteiger charge is 2.42. The van der Waals surface area contributed by atoms with Gasteiger partial charge in [0.2, 0.25) is 0 Å². The summed E-state index contributed by atoms with van der Waals surface area (Å²) in [4.78, 5) is 27.4. The maximum Gasteiger partial charge on any atom is 0.329 e. The lowest BCUT2D eigenvalue weighted by molar-refractivity contribution is -0.235. The topological polar surface area (TPSA) is 65.0 Å². The summed E-state index contributed by atoms with van der Waals surface area (Å²) in [6.07, 6.45) is 1.27. The summed E-state index contributed by atoms with van der Waals surface area (Å²) in [5, 5.41) is 3.78. The van der Waals surface area contributed by atoms with E-state index in [2.05, 4.69) is 4.99 Å². The van der Waals surface area contributed by atoms with E-state index in [-0.39, 0.29) is 0 Å². The Balaban J connectivity index is 2.15. The molecule has 1 aromatic rings. The van der Waals surface area contributed by atoms with Gasteiger partial charge in [0.25, 0.3) is 5.79 Å². The van der Waals surface area contributed by atoms with Crippen molar-refractivity contribution in [1.29, 1.82) is 0 Å². The van der Waals surface area contributed by atoms with Crippen LogP contribution in [-0.4, -0.2) is 23.9 Å². The summed E-state index contributed by atoms with van der Waals surface area (Å²) in [5.74, 6) is -3.55. The molecule has 0 aromatic carbocycles. The Kier molecular flexibility index (Phi) is 3.21. The molecule has 0 amide bonds. The van der Waals surface area contributed by atoms with Crippen molar-refractivity contribution in [2.24, 2.45) is 10.9 Å². The van der Waals surface area contributed by atoms with Crippen molar-refractivity contribution < 1.29 is 19.1 Å². The maximum absolute atomic E-state index is 11.7. The first-order chi connectivity index (χ1) is 8.39. The summed E-state index contributed by atoms with van der Waals surface area (Å²) in [6.45, 7) is 4.93. The minimum atomic E-state index is -1.20. The number of hydrogen-bond acceptors (Lipinski definition) is 6. The van der Waals surface area contributed by atoms with Gasteiger partial charge < -0.3 is 9.47 Å². The van der Waals surface area contributed by atoms with Crippen molar-refractivity contribution in [1.82, 2.24) is 0 Å². The monoisotopic (exact) mass is 267 g/mol. The first-order valence-corrected chi connectivity index (χ1v) is 6.36. The van der Waals surface area contributed by atoms with E-state index >= 15 is 0 Å². The second kappa shape index (κ2) is 4.53. The lowest BCUT2D eigenvalue weighted by Gasteiger charge is -2.31. The van der Waals surface area contributed by atoms with Crippen LogP contribution in [0.1, 0.15) is 19.4 Å². The van der Waals surface area contributed by atoms with Crippen molar-refractivity contribution >= 4 is 35.2 Å². The van der Waals surface area contributed by atoms with Crippen LogP contribution in [-0.2, 0) is 19.1 Å². The van der Waals surface area contributed by atoms with Gasteiger partial charge in [0, 0.05) is 25.4 Å². The van der Waals surface area contributed by atoms with Gasteiger partial charge in [-0.2, -0.15) is 0 Å². The number of esters is 2. The molecule has 0 radical (unpaired) electrons. The summed E-state index contributed by atoms with van der Waals surface area (Å²) in [5.41, 5.74) is 1.74. The van der Waals surface area contributed by atoms with Crippen molar-refractivity contribution in [3.63, 3.8) is 0 Å². The number of thiophene rings is 1. The van der Waals surface area contributed by atoms with Crippen LogP contribution in [0.4, 0.5) is 5.69 Å². The Labute approximate surface area is 108 Å². The predicted molar refractivity (Wildman–Crippen MR) is 67.0 cm³/mol. The fourth-order valence-corrected chi connectivity index (χ4v) is 2.26. The van der Waals surface area contributed by atoms with Crippen molar-refractivity contribution in [2.45, 2.75) is 26.6 Å². The maximum atomic E-state index is 11.7. The van der Waals surface area contributed by atoms with E-state index in [4.69, 9.17) is 9.47 Å². The highest BCUT2D eigenvalue weighted by molar-refractivity contribution is 7.08. The Morgan fingerprint density at radius 1 is 1.28 bits per heavy atom. The zero-order valence-electron chi connectivity index (χ0n) is 10.3. The molecule has 2 rings (SSSR count). The number of hydrogen-bond donors (Lipinski definition) is 0. The zero-order chi connectivity index (χ0) is 13.3. The van der Waals surface area contributed by atoms with E-state index in [1.807, 2.05) is 17.7 Å². The molecule has 0 N–H and O–H groups in total. The Hall–Kier alpha value is -1.69. The highest BCUT2D eigenvalue weighted by Crippen LogP contribution is 2.25. The number of aliphatic imine (C=N–C) groups is 1. The molecule has 96 valence electrons. The van der Waals surface area contributed by atoms with Crippen molar-refractivity contribution in [3.05, 3.63) is 16.3 Å².